The summed E-state index contributed by atoms with van der Waals surface area (Å²) in [6.07, 6.45) is 0.00557. The fraction of sp³-hybridized carbons (Fsp3) is 0.158. The summed E-state index contributed by atoms with van der Waals surface area (Å²) in [6, 6.07) is 15.7. The monoisotopic (exact) mass is 418 g/mol. The second-order valence-electron chi connectivity index (χ2n) is 5.73. The lowest BCUT2D eigenvalue weighted by molar-refractivity contribution is -0.126. The molecule has 0 heterocycles. The van der Waals surface area contributed by atoms with Gasteiger partial charge in [0.1, 0.15) is 0 Å². The Balaban J connectivity index is 1.63. The number of amides is 3. The van der Waals surface area contributed by atoms with E-state index in [-0.39, 0.29) is 23.9 Å². The largest absolute Gasteiger partial charge is 0.352 e. The van der Waals surface area contributed by atoms with Crippen molar-refractivity contribution in [2.24, 2.45) is 0 Å². The molecule has 28 heavy (non-hydrogen) atoms. The van der Waals surface area contributed by atoms with Crippen LogP contribution in [0.4, 0.5) is 0 Å². The second-order valence-corrected chi connectivity index (χ2v) is 6.57. The van der Waals surface area contributed by atoms with Gasteiger partial charge in [0, 0.05) is 30.0 Å². The summed E-state index contributed by atoms with van der Waals surface area (Å²) in [5.41, 5.74) is 6.10. The first kappa shape index (κ1) is 21.3. The normalized spacial score (nSPS) is 9.89. The van der Waals surface area contributed by atoms with Gasteiger partial charge in [-0.15, -0.1) is 0 Å². The Morgan fingerprint density at radius 1 is 0.857 bits per heavy atom. The van der Waals surface area contributed by atoms with Crippen LogP contribution in [0.2, 0.25) is 5.02 Å². The number of hydrazine groups is 1. The van der Waals surface area contributed by atoms with Gasteiger partial charge in [-0.2, -0.15) is 0 Å². The van der Waals surface area contributed by atoms with Gasteiger partial charge in [-0.25, -0.2) is 0 Å². The number of carbonyl (C=O) groups excluding carboxylic acids is 3. The van der Waals surface area contributed by atoms with Crippen molar-refractivity contribution < 1.29 is 14.4 Å². The maximum Gasteiger partial charge on any atom is 0.257 e. The molecule has 0 atom stereocenters. The minimum atomic E-state index is -0.441. The molecule has 7 nitrogen and oxygen atoms in total. The summed E-state index contributed by atoms with van der Waals surface area (Å²) in [5, 5.41) is 5.60. The maximum atomic E-state index is 12.0. The fourth-order valence-electron chi connectivity index (χ4n) is 2.11. The van der Waals surface area contributed by atoms with Crippen LogP contribution in [0.1, 0.15) is 28.8 Å². The SMILES string of the molecule is O=C(CCC(=O)NNC(=S)NC(=O)c1ccc(Cl)cc1)NCc1ccccc1. The molecule has 2 aromatic rings. The van der Waals surface area contributed by atoms with Crippen LogP contribution in [0.25, 0.3) is 0 Å². The third-order valence-electron chi connectivity index (χ3n) is 3.56. The van der Waals surface area contributed by atoms with Crippen LogP contribution in [0.5, 0.6) is 0 Å². The number of rotatable bonds is 6. The number of thiocarbonyl (C=S) groups is 1. The van der Waals surface area contributed by atoms with Crippen LogP contribution >= 0.6 is 23.8 Å². The van der Waals surface area contributed by atoms with Crippen LogP contribution in [0.3, 0.4) is 0 Å². The second kappa shape index (κ2) is 11.0. The number of halogens is 1. The Hall–Kier alpha value is -2.97. The molecule has 3 amide bonds. The number of carbonyl (C=O) groups is 3. The van der Waals surface area contributed by atoms with Crippen LogP contribution < -0.4 is 21.5 Å². The van der Waals surface area contributed by atoms with E-state index in [0.717, 1.165) is 5.56 Å². The molecule has 2 aromatic carbocycles. The molecule has 0 radical (unpaired) electrons. The topological polar surface area (TPSA) is 99.3 Å². The number of hydrogen-bond acceptors (Lipinski definition) is 4. The molecule has 0 aliphatic heterocycles. The summed E-state index contributed by atoms with van der Waals surface area (Å²) in [5.74, 6) is -1.11. The third kappa shape index (κ3) is 7.73. The minimum Gasteiger partial charge on any atom is -0.352 e. The van der Waals surface area contributed by atoms with E-state index in [1.54, 1.807) is 24.3 Å². The van der Waals surface area contributed by atoms with Crippen LogP contribution in [-0.4, -0.2) is 22.8 Å². The van der Waals surface area contributed by atoms with Gasteiger partial charge in [0.2, 0.25) is 11.8 Å². The van der Waals surface area contributed by atoms with Crippen molar-refractivity contribution in [3.05, 3.63) is 70.7 Å². The van der Waals surface area contributed by atoms with Crippen molar-refractivity contribution in [3.63, 3.8) is 0 Å². The summed E-state index contributed by atoms with van der Waals surface area (Å²) >= 11 is 10.7. The molecule has 0 unspecified atom stereocenters. The molecule has 0 aliphatic rings. The Labute approximate surface area is 172 Å². The van der Waals surface area contributed by atoms with Crippen LogP contribution in [0.15, 0.2) is 54.6 Å². The summed E-state index contributed by atoms with van der Waals surface area (Å²) in [4.78, 5) is 35.5. The molecular weight excluding hydrogens is 400 g/mol. The Morgan fingerprint density at radius 2 is 1.50 bits per heavy atom. The Morgan fingerprint density at radius 3 is 2.18 bits per heavy atom. The zero-order valence-electron chi connectivity index (χ0n) is 14.8. The number of hydrogen-bond donors (Lipinski definition) is 4. The molecule has 2 rings (SSSR count). The highest BCUT2D eigenvalue weighted by Crippen LogP contribution is 2.09. The number of nitrogens with one attached hydrogen (secondary N) is 4. The first-order valence-electron chi connectivity index (χ1n) is 8.40. The predicted molar refractivity (Wildman–Crippen MR) is 110 cm³/mol. The van der Waals surface area contributed by atoms with Gasteiger partial charge in [0.05, 0.1) is 0 Å². The van der Waals surface area contributed by atoms with Gasteiger partial charge in [-0.3, -0.25) is 30.6 Å². The van der Waals surface area contributed by atoms with Crippen LogP contribution in [-0.2, 0) is 16.1 Å². The Kier molecular flexibility index (Phi) is 8.38. The highest BCUT2D eigenvalue weighted by Gasteiger charge is 2.10. The van der Waals surface area contributed by atoms with Gasteiger partial charge in [-0.05, 0) is 42.0 Å². The fourth-order valence-corrected chi connectivity index (χ4v) is 2.38. The lowest BCUT2D eigenvalue weighted by atomic mass is 10.2. The van der Waals surface area contributed by atoms with Crippen molar-refractivity contribution in [3.8, 4) is 0 Å². The van der Waals surface area contributed by atoms with Crippen molar-refractivity contribution in [1.82, 2.24) is 21.5 Å². The van der Waals surface area contributed by atoms with Crippen LogP contribution in [0, 0.1) is 0 Å². The molecule has 4 N–H and O–H groups in total. The van der Waals surface area contributed by atoms with Crippen molar-refractivity contribution in [1.29, 1.82) is 0 Å². The van der Waals surface area contributed by atoms with E-state index in [9.17, 15) is 14.4 Å². The minimum absolute atomic E-state index is 0.0264. The summed E-state index contributed by atoms with van der Waals surface area (Å²) in [6.45, 7) is 0.403. The van der Waals surface area contributed by atoms with Gasteiger partial charge < -0.3 is 5.32 Å². The van der Waals surface area contributed by atoms with E-state index in [0.29, 0.717) is 17.1 Å². The van der Waals surface area contributed by atoms with E-state index < -0.39 is 11.8 Å². The molecule has 0 spiro atoms. The van der Waals surface area contributed by atoms with E-state index in [4.69, 9.17) is 23.8 Å². The molecular formula is C19H19ClN4O3S. The van der Waals surface area contributed by atoms with E-state index in [1.165, 1.54) is 0 Å². The number of benzene rings is 2. The Bertz CT molecular complexity index is 844. The highest BCUT2D eigenvalue weighted by molar-refractivity contribution is 7.80. The molecule has 0 fully saturated rings. The quantitative estimate of drug-likeness (QED) is 0.425. The van der Waals surface area contributed by atoms with Gasteiger partial charge in [0.15, 0.2) is 5.11 Å². The first-order chi connectivity index (χ1) is 13.4. The summed E-state index contributed by atoms with van der Waals surface area (Å²) in [7, 11) is 0. The lowest BCUT2D eigenvalue weighted by Crippen LogP contribution is -2.48. The van der Waals surface area contributed by atoms with E-state index >= 15 is 0 Å². The zero-order chi connectivity index (χ0) is 20.4. The van der Waals surface area contributed by atoms with Gasteiger partial charge in [-0.1, -0.05) is 41.9 Å². The summed E-state index contributed by atoms with van der Waals surface area (Å²) < 4.78 is 0. The molecule has 0 bridgehead atoms. The molecule has 0 saturated carbocycles. The predicted octanol–water partition coefficient (Wildman–Crippen LogP) is 2.07. The molecule has 9 heteroatoms. The standard InChI is InChI=1S/C19H19ClN4O3S/c20-15-8-6-14(7-9-15)18(27)22-19(28)24-23-17(26)11-10-16(25)21-12-13-4-2-1-3-5-13/h1-9H,10-12H2,(H,21,25)(H,23,26)(H2,22,24,27,28). The van der Waals surface area contributed by atoms with Crippen molar-refractivity contribution in [2.75, 3.05) is 0 Å². The molecule has 146 valence electrons. The van der Waals surface area contributed by atoms with Crippen molar-refractivity contribution >= 4 is 46.7 Å². The van der Waals surface area contributed by atoms with Crippen molar-refractivity contribution in [2.45, 2.75) is 19.4 Å². The third-order valence-corrected chi connectivity index (χ3v) is 4.02. The molecule has 0 saturated heterocycles. The maximum absolute atomic E-state index is 12.0. The average molecular weight is 419 g/mol. The lowest BCUT2D eigenvalue weighted by Gasteiger charge is -2.11. The van der Waals surface area contributed by atoms with E-state index in [1.807, 2.05) is 30.3 Å². The smallest absolute Gasteiger partial charge is 0.257 e. The average Bonchev–Trinajstić information content (AvgIpc) is 2.70. The van der Waals surface area contributed by atoms with Gasteiger partial charge >= 0.3 is 0 Å². The highest BCUT2D eigenvalue weighted by atomic mass is 35.5. The molecule has 0 aromatic heterocycles. The van der Waals surface area contributed by atoms with E-state index in [2.05, 4.69) is 21.5 Å². The first-order valence-corrected chi connectivity index (χ1v) is 9.19. The molecule has 0 aliphatic carbocycles. The van der Waals surface area contributed by atoms with Gasteiger partial charge in [0.25, 0.3) is 5.91 Å². The zero-order valence-corrected chi connectivity index (χ0v) is 16.4.